The van der Waals surface area contributed by atoms with E-state index in [-0.39, 0.29) is 11.1 Å². The van der Waals surface area contributed by atoms with Gasteiger partial charge in [0, 0.05) is 12.5 Å². The van der Waals surface area contributed by atoms with Crippen LogP contribution in [0, 0.1) is 17.1 Å². The van der Waals surface area contributed by atoms with Gasteiger partial charge < -0.3 is 5.32 Å². The van der Waals surface area contributed by atoms with Crippen LogP contribution in [0.5, 0.6) is 0 Å². The zero-order valence-electron chi connectivity index (χ0n) is 9.13. The fourth-order valence-corrected chi connectivity index (χ4v) is 1.50. The van der Waals surface area contributed by atoms with Gasteiger partial charge in [-0.25, -0.2) is 4.39 Å². The highest BCUT2D eigenvalue weighted by Gasteiger charge is 2.07. The number of rotatable bonds is 5. The molecule has 0 aromatic heterocycles. The predicted molar refractivity (Wildman–Crippen MR) is 62.7 cm³/mol. The second kappa shape index (κ2) is 6.47. The minimum Gasteiger partial charge on any atom is -0.310 e. The first kappa shape index (κ1) is 13.0. The maximum atomic E-state index is 13.2. The van der Waals surface area contributed by atoms with Gasteiger partial charge >= 0.3 is 0 Å². The van der Waals surface area contributed by atoms with Gasteiger partial charge in [-0.1, -0.05) is 17.7 Å². The first-order valence-corrected chi connectivity index (χ1v) is 5.58. The molecule has 1 rings (SSSR count). The number of benzene rings is 1. The van der Waals surface area contributed by atoms with Gasteiger partial charge in [-0.05, 0) is 37.6 Å². The normalized spacial score (nSPS) is 12.1. The molecule has 0 saturated carbocycles. The quantitative estimate of drug-likeness (QED) is 0.801. The van der Waals surface area contributed by atoms with Crippen molar-refractivity contribution in [2.75, 3.05) is 6.54 Å². The molecule has 0 bridgehead atoms. The van der Waals surface area contributed by atoms with E-state index in [1.54, 1.807) is 12.1 Å². The van der Waals surface area contributed by atoms with Crippen LogP contribution < -0.4 is 5.32 Å². The summed E-state index contributed by atoms with van der Waals surface area (Å²) < 4.78 is 13.2. The molecule has 0 heterocycles. The van der Waals surface area contributed by atoms with Crippen LogP contribution in [0.15, 0.2) is 18.2 Å². The van der Waals surface area contributed by atoms with E-state index in [4.69, 9.17) is 16.9 Å². The maximum Gasteiger partial charge on any atom is 0.142 e. The molecule has 2 nitrogen and oxygen atoms in total. The Morgan fingerprint density at radius 2 is 2.31 bits per heavy atom. The van der Waals surface area contributed by atoms with Gasteiger partial charge in [0.2, 0.25) is 0 Å². The standard InChI is InChI=1S/C12H14ClFN2/c1-9(16-7-3-2-6-15)10-4-5-11(13)12(14)8-10/h4-5,8-9,16H,2-3,7H2,1H3. The molecule has 0 radical (unpaired) electrons. The van der Waals surface area contributed by atoms with Gasteiger partial charge in [0.15, 0.2) is 0 Å². The van der Waals surface area contributed by atoms with Gasteiger partial charge in [0.1, 0.15) is 5.82 Å². The van der Waals surface area contributed by atoms with Crippen molar-refractivity contribution in [1.29, 1.82) is 5.26 Å². The van der Waals surface area contributed by atoms with Gasteiger partial charge in [0.25, 0.3) is 0 Å². The summed E-state index contributed by atoms with van der Waals surface area (Å²) in [6.07, 6.45) is 1.34. The molecule has 1 aromatic rings. The molecule has 0 fully saturated rings. The lowest BCUT2D eigenvalue weighted by atomic mass is 10.1. The van der Waals surface area contributed by atoms with Gasteiger partial charge in [-0.15, -0.1) is 0 Å². The summed E-state index contributed by atoms with van der Waals surface area (Å²) in [4.78, 5) is 0. The smallest absolute Gasteiger partial charge is 0.142 e. The number of nitrogens with one attached hydrogen (secondary N) is 1. The minimum absolute atomic E-state index is 0.0606. The van der Waals surface area contributed by atoms with E-state index in [0.29, 0.717) is 6.42 Å². The molecule has 1 unspecified atom stereocenters. The Morgan fingerprint density at radius 3 is 2.94 bits per heavy atom. The topological polar surface area (TPSA) is 35.8 Å². The summed E-state index contributed by atoms with van der Waals surface area (Å²) in [5.41, 5.74) is 0.860. The third-order valence-electron chi connectivity index (χ3n) is 2.36. The Balaban J connectivity index is 2.50. The Morgan fingerprint density at radius 1 is 1.56 bits per heavy atom. The molecule has 0 aliphatic carbocycles. The van der Waals surface area contributed by atoms with Crippen LogP contribution in [0.25, 0.3) is 0 Å². The summed E-state index contributed by atoms with van der Waals surface area (Å²) in [5.74, 6) is -0.398. The highest BCUT2D eigenvalue weighted by molar-refractivity contribution is 6.30. The van der Waals surface area contributed by atoms with Crippen molar-refractivity contribution < 1.29 is 4.39 Å². The molecular formula is C12H14ClFN2. The minimum atomic E-state index is -0.398. The largest absolute Gasteiger partial charge is 0.310 e. The van der Waals surface area contributed by atoms with E-state index in [2.05, 4.69) is 11.4 Å². The fraction of sp³-hybridized carbons (Fsp3) is 0.417. The average Bonchev–Trinajstić information content (AvgIpc) is 2.28. The van der Waals surface area contributed by atoms with E-state index in [9.17, 15) is 4.39 Å². The van der Waals surface area contributed by atoms with Crippen molar-refractivity contribution in [2.45, 2.75) is 25.8 Å². The summed E-state index contributed by atoms with van der Waals surface area (Å²) in [7, 11) is 0. The van der Waals surface area contributed by atoms with E-state index in [1.807, 2.05) is 6.92 Å². The summed E-state index contributed by atoms with van der Waals surface area (Å²) in [6, 6.07) is 6.93. The molecule has 86 valence electrons. The van der Waals surface area contributed by atoms with E-state index in [1.165, 1.54) is 6.07 Å². The summed E-state index contributed by atoms with van der Waals surface area (Å²) in [6.45, 7) is 2.70. The molecule has 16 heavy (non-hydrogen) atoms. The van der Waals surface area contributed by atoms with Crippen LogP contribution in [-0.4, -0.2) is 6.54 Å². The van der Waals surface area contributed by atoms with Crippen LogP contribution in [0.2, 0.25) is 5.02 Å². The SMILES string of the molecule is CC(NCCCC#N)c1ccc(Cl)c(F)c1. The van der Waals surface area contributed by atoms with E-state index in [0.717, 1.165) is 18.5 Å². The molecule has 0 aliphatic rings. The number of hydrogen-bond donors (Lipinski definition) is 1. The zero-order valence-corrected chi connectivity index (χ0v) is 9.89. The van der Waals surface area contributed by atoms with Crippen molar-refractivity contribution in [2.24, 2.45) is 0 Å². The number of unbranched alkanes of at least 4 members (excludes halogenated alkanes) is 1. The molecule has 1 atom stereocenters. The van der Waals surface area contributed by atoms with Crippen molar-refractivity contribution >= 4 is 11.6 Å². The lowest BCUT2D eigenvalue weighted by molar-refractivity contribution is 0.555. The molecule has 0 aliphatic heterocycles. The second-order valence-electron chi connectivity index (χ2n) is 3.61. The lowest BCUT2D eigenvalue weighted by Crippen LogP contribution is -2.19. The van der Waals surface area contributed by atoms with Gasteiger partial charge in [0.05, 0.1) is 11.1 Å². The first-order chi connectivity index (χ1) is 7.65. The monoisotopic (exact) mass is 240 g/mol. The molecular weight excluding hydrogens is 227 g/mol. The van der Waals surface area contributed by atoms with Gasteiger partial charge in [-0.2, -0.15) is 5.26 Å². The van der Waals surface area contributed by atoms with Gasteiger partial charge in [-0.3, -0.25) is 0 Å². The third-order valence-corrected chi connectivity index (χ3v) is 2.67. The number of nitrogens with zero attached hydrogens (tertiary/aromatic N) is 1. The maximum absolute atomic E-state index is 13.2. The van der Waals surface area contributed by atoms with Crippen LogP contribution in [0.1, 0.15) is 31.4 Å². The number of halogens is 2. The van der Waals surface area contributed by atoms with E-state index < -0.39 is 5.82 Å². The highest BCUT2D eigenvalue weighted by Crippen LogP contribution is 2.19. The molecule has 0 spiro atoms. The second-order valence-corrected chi connectivity index (χ2v) is 4.02. The molecule has 4 heteroatoms. The van der Waals surface area contributed by atoms with Crippen LogP contribution in [0.4, 0.5) is 4.39 Å². The molecule has 1 N–H and O–H groups in total. The lowest BCUT2D eigenvalue weighted by Gasteiger charge is -2.14. The molecule has 0 saturated heterocycles. The van der Waals surface area contributed by atoms with Crippen molar-refractivity contribution in [1.82, 2.24) is 5.32 Å². The van der Waals surface area contributed by atoms with Crippen molar-refractivity contribution in [3.63, 3.8) is 0 Å². The third kappa shape index (κ3) is 3.80. The number of nitriles is 1. The van der Waals surface area contributed by atoms with E-state index >= 15 is 0 Å². The van der Waals surface area contributed by atoms with Crippen molar-refractivity contribution in [3.05, 3.63) is 34.6 Å². The molecule has 0 amide bonds. The Bertz CT molecular complexity index is 387. The van der Waals surface area contributed by atoms with Crippen LogP contribution in [0.3, 0.4) is 0 Å². The average molecular weight is 241 g/mol. The summed E-state index contributed by atoms with van der Waals surface area (Å²) >= 11 is 5.60. The summed E-state index contributed by atoms with van der Waals surface area (Å²) in [5, 5.41) is 11.7. The molecule has 1 aromatic carbocycles. The zero-order chi connectivity index (χ0) is 12.0. The Hall–Kier alpha value is -1.11. The Labute approximate surface area is 100 Å². The number of hydrogen-bond acceptors (Lipinski definition) is 2. The van der Waals surface area contributed by atoms with Crippen LogP contribution in [-0.2, 0) is 0 Å². The predicted octanol–water partition coefficient (Wildman–Crippen LogP) is 3.43. The van der Waals surface area contributed by atoms with Crippen molar-refractivity contribution in [3.8, 4) is 6.07 Å². The van der Waals surface area contributed by atoms with Crippen LogP contribution >= 0.6 is 11.6 Å². The highest BCUT2D eigenvalue weighted by atomic mass is 35.5. The fourth-order valence-electron chi connectivity index (χ4n) is 1.39. The first-order valence-electron chi connectivity index (χ1n) is 5.20. The Kier molecular flexibility index (Phi) is 5.24.